The highest BCUT2D eigenvalue weighted by molar-refractivity contribution is 6.17. The van der Waals surface area contributed by atoms with E-state index in [1.165, 1.54) is 7.11 Å². The number of carbonyl (C=O) groups excluding carboxylic acids is 4. The molecule has 7 heteroatoms. The number of nitrogens with one attached hydrogen (secondary N) is 2. The van der Waals surface area contributed by atoms with Crippen LogP contribution in [-0.2, 0) is 9.59 Å². The number of imide groups is 2. The Bertz CT molecular complexity index is 874. The molecule has 0 aliphatic carbocycles. The smallest absolute Gasteiger partial charge is 0.328 e. The number of carbonyl (C=O) groups is 4. The van der Waals surface area contributed by atoms with Crippen molar-refractivity contribution in [3.63, 3.8) is 0 Å². The second-order valence-electron chi connectivity index (χ2n) is 6.16. The third kappa shape index (κ3) is 4.03. The van der Waals surface area contributed by atoms with E-state index in [0.717, 1.165) is 0 Å². The van der Waals surface area contributed by atoms with E-state index in [9.17, 15) is 19.2 Å². The SMILES string of the molecule is COc1cccc(C(CC(=O)c2ccccc2)C2C(=O)NC(=O)NC2=O)c1. The molecule has 2 aromatic carbocycles. The number of urea groups is 1. The number of ketones is 1. The molecular formula is C20H18N2O5. The van der Waals surface area contributed by atoms with Gasteiger partial charge in [-0.05, 0) is 17.7 Å². The summed E-state index contributed by atoms with van der Waals surface area (Å²) in [6.45, 7) is 0. The molecule has 1 atom stereocenters. The van der Waals surface area contributed by atoms with E-state index in [-0.39, 0.29) is 12.2 Å². The van der Waals surface area contributed by atoms with Gasteiger partial charge in [-0.15, -0.1) is 0 Å². The van der Waals surface area contributed by atoms with Crippen LogP contribution < -0.4 is 15.4 Å². The molecule has 0 radical (unpaired) electrons. The number of hydrogen-bond acceptors (Lipinski definition) is 5. The lowest BCUT2D eigenvalue weighted by molar-refractivity contribution is -0.136. The number of benzene rings is 2. The molecule has 1 aliphatic heterocycles. The molecule has 4 amide bonds. The van der Waals surface area contributed by atoms with Crippen LogP contribution in [0.4, 0.5) is 4.79 Å². The van der Waals surface area contributed by atoms with Crippen LogP contribution >= 0.6 is 0 Å². The van der Waals surface area contributed by atoms with E-state index in [0.29, 0.717) is 16.9 Å². The van der Waals surface area contributed by atoms with Crippen molar-refractivity contribution in [3.8, 4) is 5.75 Å². The van der Waals surface area contributed by atoms with Crippen molar-refractivity contribution < 1.29 is 23.9 Å². The Kier molecular flexibility index (Phi) is 5.30. The number of Topliss-reactive ketones (excluding diaryl/α,β-unsaturated/α-hetero) is 1. The first kappa shape index (κ1) is 18.3. The molecule has 1 aliphatic rings. The van der Waals surface area contributed by atoms with Gasteiger partial charge in [-0.25, -0.2) is 4.79 Å². The molecule has 2 N–H and O–H groups in total. The highest BCUT2D eigenvalue weighted by Gasteiger charge is 2.41. The van der Waals surface area contributed by atoms with E-state index < -0.39 is 29.7 Å². The van der Waals surface area contributed by atoms with E-state index in [1.54, 1.807) is 54.6 Å². The van der Waals surface area contributed by atoms with Crippen molar-refractivity contribution in [1.29, 1.82) is 0 Å². The van der Waals surface area contributed by atoms with E-state index in [4.69, 9.17) is 4.74 Å². The van der Waals surface area contributed by atoms with Gasteiger partial charge in [0.1, 0.15) is 11.7 Å². The van der Waals surface area contributed by atoms with Gasteiger partial charge >= 0.3 is 6.03 Å². The third-order valence-corrected chi connectivity index (χ3v) is 4.46. The lowest BCUT2D eigenvalue weighted by atomic mass is 9.79. The maximum atomic E-state index is 12.7. The number of hydrogen-bond donors (Lipinski definition) is 2. The highest BCUT2D eigenvalue weighted by Crippen LogP contribution is 2.33. The predicted molar refractivity (Wildman–Crippen MR) is 96.3 cm³/mol. The van der Waals surface area contributed by atoms with Crippen LogP contribution in [0.5, 0.6) is 5.75 Å². The van der Waals surface area contributed by atoms with Gasteiger partial charge in [0.2, 0.25) is 11.8 Å². The Balaban J connectivity index is 1.98. The minimum Gasteiger partial charge on any atom is -0.497 e. The van der Waals surface area contributed by atoms with Crippen LogP contribution in [0, 0.1) is 5.92 Å². The van der Waals surface area contributed by atoms with E-state index in [1.807, 2.05) is 0 Å². The number of ether oxygens (including phenoxy) is 1. The molecule has 1 unspecified atom stereocenters. The molecule has 1 saturated heterocycles. The van der Waals surface area contributed by atoms with Crippen molar-refractivity contribution in [1.82, 2.24) is 10.6 Å². The zero-order valence-electron chi connectivity index (χ0n) is 14.6. The largest absolute Gasteiger partial charge is 0.497 e. The average Bonchev–Trinajstić information content (AvgIpc) is 2.67. The van der Waals surface area contributed by atoms with Gasteiger partial charge in [-0.2, -0.15) is 0 Å². The summed E-state index contributed by atoms with van der Waals surface area (Å²) in [6.07, 6.45) is -0.0725. The van der Waals surface area contributed by atoms with Gasteiger partial charge in [0.05, 0.1) is 7.11 Å². The Morgan fingerprint density at radius 1 is 1.00 bits per heavy atom. The Labute approximate surface area is 155 Å². The van der Waals surface area contributed by atoms with Crippen LogP contribution in [0.1, 0.15) is 28.3 Å². The van der Waals surface area contributed by atoms with E-state index in [2.05, 4.69) is 10.6 Å². The van der Waals surface area contributed by atoms with Gasteiger partial charge in [-0.1, -0.05) is 42.5 Å². The zero-order valence-corrected chi connectivity index (χ0v) is 14.6. The maximum absolute atomic E-state index is 12.7. The van der Waals surface area contributed by atoms with E-state index >= 15 is 0 Å². The predicted octanol–water partition coefficient (Wildman–Crippen LogP) is 2.03. The van der Waals surface area contributed by atoms with Gasteiger partial charge in [0.15, 0.2) is 5.78 Å². The minimum atomic E-state index is -1.21. The summed E-state index contributed by atoms with van der Waals surface area (Å²) in [6, 6.07) is 14.6. The minimum absolute atomic E-state index is 0.0725. The average molecular weight is 366 g/mol. The van der Waals surface area contributed by atoms with Crippen LogP contribution in [0.3, 0.4) is 0 Å². The van der Waals surface area contributed by atoms with Crippen LogP contribution in [-0.4, -0.2) is 30.7 Å². The van der Waals surface area contributed by atoms with Crippen LogP contribution in [0.2, 0.25) is 0 Å². The van der Waals surface area contributed by atoms with Crippen molar-refractivity contribution in [3.05, 3.63) is 65.7 Å². The quantitative estimate of drug-likeness (QED) is 0.602. The standard InChI is InChI=1S/C20H18N2O5/c1-27-14-9-5-8-13(10-14)15(11-16(23)12-6-3-2-4-7-12)17-18(24)21-20(26)22-19(17)25/h2-10,15,17H,11H2,1H3,(H2,21,22,24,25,26). The number of barbiturate groups is 1. The third-order valence-electron chi connectivity index (χ3n) is 4.46. The molecule has 0 bridgehead atoms. The summed E-state index contributed by atoms with van der Waals surface area (Å²) >= 11 is 0. The molecule has 27 heavy (non-hydrogen) atoms. The fourth-order valence-electron chi connectivity index (χ4n) is 3.14. The number of methoxy groups -OCH3 is 1. The summed E-state index contributed by atoms with van der Waals surface area (Å²) in [5, 5.41) is 4.20. The molecule has 0 saturated carbocycles. The summed E-state index contributed by atoms with van der Waals surface area (Å²) in [4.78, 5) is 48.9. The topological polar surface area (TPSA) is 102 Å². The number of amides is 4. The highest BCUT2D eigenvalue weighted by atomic mass is 16.5. The molecule has 1 fully saturated rings. The summed E-state index contributed by atoms with van der Waals surface area (Å²) in [7, 11) is 1.50. The molecule has 2 aromatic rings. The molecule has 138 valence electrons. The summed E-state index contributed by atoms with van der Waals surface area (Å²) < 4.78 is 5.21. The van der Waals surface area contributed by atoms with Crippen LogP contribution in [0.15, 0.2) is 54.6 Å². The van der Waals surface area contributed by atoms with Gasteiger partial charge in [0.25, 0.3) is 0 Å². The fraction of sp³-hybridized carbons (Fsp3) is 0.200. The van der Waals surface area contributed by atoms with Crippen molar-refractivity contribution in [2.45, 2.75) is 12.3 Å². The van der Waals surface area contributed by atoms with Gasteiger partial charge in [0, 0.05) is 17.9 Å². The normalized spacial score (nSPS) is 15.7. The lowest BCUT2D eigenvalue weighted by Gasteiger charge is -2.28. The van der Waals surface area contributed by atoms with Gasteiger partial charge in [-0.3, -0.25) is 25.0 Å². The molecule has 0 spiro atoms. The van der Waals surface area contributed by atoms with Crippen molar-refractivity contribution in [2.24, 2.45) is 5.92 Å². The molecule has 7 nitrogen and oxygen atoms in total. The fourth-order valence-corrected chi connectivity index (χ4v) is 3.14. The van der Waals surface area contributed by atoms with Crippen molar-refractivity contribution >= 4 is 23.6 Å². The second kappa shape index (κ2) is 7.82. The monoisotopic (exact) mass is 366 g/mol. The Morgan fingerprint density at radius 3 is 2.30 bits per heavy atom. The first-order valence-corrected chi connectivity index (χ1v) is 8.37. The summed E-state index contributed by atoms with van der Waals surface area (Å²) in [5.41, 5.74) is 1.08. The number of rotatable bonds is 6. The summed E-state index contributed by atoms with van der Waals surface area (Å²) in [5.74, 6) is -3.07. The van der Waals surface area contributed by atoms with Crippen LogP contribution in [0.25, 0.3) is 0 Å². The molecule has 0 aromatic heterocycles. The molecular weight excluding hydrogens is 348 g/mol. The maximum Gasteiger partial charge on any atom is 0.328 e. The lowest BCUT2D eigenvalue weighted by Crippen LogP contribution is -2.57. The van der Waals surface area contributed by atoms with Crippen molar-refractivity contribution in [2.75, 3.05) is 7.11 Å². The Morgan fingerprint density at radius 2 is 1.67 bits per heavy atom. The zero-order chi connectivity index (χ0) is 19.4. The molecule has 1 heterocycles. The van der Waals surface area contributed by atoms with Gasteiger partial charge < -0.3 is 4.74 Å². The second-order valence-corrected chi connectivity index (χ2v) is 6.16. The first-order chi connectivity index (χ1) is 13.0. The Hall–Kier alpha value is -3.48. The molecule has 3 rings (SSSR count). The first-order valence-electron chi connectivity index (χ1n) is 8.37.